The number of likely N-dealkylation sites (tertiary alicyclic amines) is 1. The maximum absolute atomic E-state index is 13.8. The zero-order chi connectivity index (χ0) is 31.0. The minimum absolute atomic E-state index is 0.0668. The zero-order valence-corrected chi connectivity index (χ0v) is 23.1. The Morgan fingerprint density at radius 2 is 1.74 bits per heavy atom. The lowest BCUT2D eigenvalue weighted by atomic mass is 10.0. The van der Waals surface area contributed by atoms with Crippen molar-refractivity contribution in [2.75, 3.05) is 6.54 Å². The van der Waals surface area contributed by atoms with Gasteiger partial charge in [-0.25, -0.2) is 8.42 Å². The third kappa shape index (κ3) is 4.91. The largest absolute Gasteiger partial charge is 0.435 e. The molecule has 0 bridgehead atoms. The van der Waals surface area contributed by atoms with Gasteiger partial charge in [-0.3, -0.25) is 14.3 Å². The predicted octanol–water partition coefficient (Wildman–Crippen LogP) is 3.67. The molecular weight excluding hydrogens is 592 g/mol. The van der Waals surface area contributed by atoms with Crippen LogP contribution < -0.4 is 5.32 Å². The fourth-order valence-corrected chi connectivity index (χ4v) is 7.32. The molecule has 0 unspecified atom stereocenters. The molecule has 2 atom stereocenters. The first-order valence-electron chi connectivity index (χ1n) is 12.9. The fourth-order valence-electron chi connectivity index (χ4n) is 5.41. The molecule has 2 heterocycles. The lowest BCUT2D eigenvalue weighted by Crippen LogP contribution is -2.53. The summed E-state index contributed by atoms with van der Waals surface area (Å²) in [4.78, 5) is 26.8. The SMILES string of the molecule is Cc1cc(-c2cc(C(F)(F)F)nn2C)ccc1S(=O)(=O)[C@@H]1C[C@@H](C(=O)NC2(C#N)CC2)N(C(=O)C2(C(F)(F)F)CC2)C1. The highest BCUT2D eigenvalue weighted by atomic mass is 32.2. The maximum atomic E-state index is 13.8. The number of nitrogens with zero attached hydrogens (tertiary/aromatic N) is 4. The smallest absolute Gasteiger partial charge is 0.336 e. The van der Waals surface area contributed by atoms with Gasteiger partial charge in [-0.1, -0.05) is 6.07 Å². The molecule has 16 heteroatoms. The van der Waals surface area contributed by atoms with Crippen LogP contribution in [0.2, 0.25) is 0 Å². The number of benzene rings is 1. The van der Waals surface area contributed by atoms with Crippen molar-refractivity contribution in [3.8, 4) is 17.3 Å². The summed E-state index contributed by atoms with van der Waals surface area (Å²) < 4.78 is 109. The van der Waals surface area contributed by atoms with Gasteiger partial charge in [0.05, 0.1) is 21.9 Å². The van der Waals surface area contributed by atoms with Gasteiger partial charge in [-0.15, -0.1) is 0 Å². The number of aryl methyl sites for hydroxylation is 2. The average molecular weight is 618 g/mol. The molecule has 0 spiro atoms. The Morgan fingerprint density at radius 1 is 1.10 bits per heavy atom. The second kappa shape index (κ2) is 9.45. The van der Waals surface area contributed by atoms with Crippen LogP contribution >= 0.6 is 0 Å². The third-order valence-electron chi connectivity index (χ3n) is 8.24. The van der Waals surface area contributed by atoms with Crippen LogP contribution in [0.4, 0.5) is 26.3 Å². The van der Waals surface area contributed by atoms with Crippen molar-refractivity contribution < 1.29 is 44.3 Å². The molecule has 2 aromatic rings. The van der Waals surface area contributed by atoms with E-state index in [1.165, 1.54) is 32.2 Å². The van der Waals surface area contributed by atoms with Crippen molar-refractivity contribution >= 4 is 21.7 Å². The van der Waals surface area contributed by atoms with Crippen LogP contribution in [0.25, 0.3) is 11.3 Å². The first-order chi connectivity index (χ1) is 19.3. The van der Waals surface area contributed by atoms with E-state index in [2.05, 4.69) is 10.4 Å². The number of nitriles is 1. The molecule has 9 nitrogen and oxygen atoms in total. The van der Waals surface area contributed by atoms with Gasteiger partial charge in [0.15, 0.2) is 15.5 Å². The molecule has 1 aromatic carbocycles. The van der Waals surface area contributed by atoms with E-state index in [9.17, 15) is 49.6 Å². The van der Waals surface area contributed by atoms with Crippen LogP contribution in [0, 0.1) is 23.7 Å². The number of amides is 2. The Hall–Kier alpha value is -3.61. The summed E-state index contributed by atoms with van der Waals surface area (Å²) in [5, 5.41) is 13.8. The van der Waals surface area contributed by atoms with E-state index < -0.39 is 87.8 Å². The molecular formula is C26H25F6N5O4S. The van der Waals surface area contributed by atoms with Gasteiger partial charge in [0.2, 0.25) is 11.8 Å². The predicted molar refractivity (Wildman–Crippen MR) is 133 cm³/mol. The number of carbonyl (C=O) groups excluding carboxylic acids is 2. The van der Waals surface area contributed by atoms with Gasteiger partial charge in [-0.05, 0) is 62.8 Å². The highest BCUT2D eigenvalue weighted by Gasteiger charge is 2.70. The van der Waals surface area contributed by atoms with Gasteiger partial charge in [0.25, 0.3) is 0 Å². The Balaban J connectivity index is 1.45. The quantitative estimate of drug-likeness (QED) is 0.494. The fraction of sp³-hybridized carbons (Fsp3) is 0.538. The number of rotatable bonds is 6. The first-order valence-corrected chi connectivity index (χ1v) is 14.5. The van der Waals surface area contributed by atoms with Gasteiger partial charge in [0.1, 0.15) is 17.0 Å². The van der Waals surface area contributed by atoms with Crippen molar-refractivity contribution in [3.05, 3.63) is 35.5 Å². The summed E-state index contributed by atoms with van der Waals surface area (Å²) in [5.41, 5.74) is -4.57. The van der Waals surface area contributed by atoms with Crippen LogP contribution in [-0.4, -0.2) is 64.5 Å². The molecule has 1 aliphatic heterocycles. The molecule has 226 valence electrons. The number of alkyl halides is 6. The highest BCUT2D eigenvalue weighted by molar-refractivity contribution is 7.92. The molecule has 42 heavy (non-hydrogen) atoms. The van der Waals surface area contributed by atoms with E-state index in [1.807, 2.05) is 6.07 Å². The number of hydrogen-bond acceptors (Lipinski definition) is 6. The summed E-state index contributed by atoms with van der Waals surface area (Å²) in [6.07, 6.45) is -10.4. The topological polar surface area (TPSA) is 125 Å². The molecule has 2 amide bonds. The Labute approximate surface area is 236 Å². The van der Waals surface area contributed by atoms with Crippen LogP contribution in [0.15, 0.2) is 29.2 Å². The third-order valence-corrected chi connectivity index (χ3v) is 10.5. The molecule has 3 aliphatic rings. The van der Waals surface area contributed by atoms with Crippen LogP contribution in [0.5, 0.6) is 0 Å². The van der Waals surface area contributed by atoms with E-state index >= 15 is 0 Å². The summed E-state index contributed by atoms with van der Waals surface area (Å²) >= 11 is 0. The van der Waals surface area contributed by atoms with Crippen LogP contribution in [0.1, 0.15) is 43.4 Å². The number of nitrogens with one attached hydrogen (secondary N) is 1. The minimum Gasteiger partial charge on any atom is -0.336 e. The van der Waals surface area contributed by atoms with Gasteiger partial charge >= 0.3 is 12.4 Å². The lowest BCUT2D eigenvalue weighted by molar-refractivity contribution is -0.199. The maximum Gasteiger partial charge on any atom is 0.435 e. The lowest BCUT2D eigenvalue weighted by Gasteiger charge is -2.29. The number of halogens is 6. The van der Waals surface area contributed by atoms with E-state index in [0.29, 0.717) is 17.7 Å². The van der Waals surface area contributed by atoms with E-state index in [-0.39, 0.29) is 21.7 Å². The van der Waals surface area contributed by atoms with Gasteiger partial charge < -0.3 is 10.2 Å². The second-order valence-electron chi connectivity index (χ2n) is 11.2. The molecule has 1 N–H and O–H groups in total. The monoisotopic (exact) mass is 617 g/mol. The molecule has 1 saturated heterocycles. The molecule has 5 rings (SSSR count). The van der Waals surface area contributed by atoms with E-state index in [0.717, 1.165) is 10.7 Å². The summed E-state index contributed by atoms with van der Waals surface area (Å²) in [6, 6.07) is 5.00. The summed E-state index contributed by atoms with van der Waals surface area (Å²) in [6.45, 7) is 0.737. The zero-order valence-electron chi connectivity index (χ0n) is 22.3. The van der Waals surface area contributed by atoms with E-state index in [1.54, 1.807) is 0 Å². The Morgan fingerprint density at radius 3 is 2.21 bits per heavy atom. The molecule has 2 aliphatic carbocycles. The molecule has 1 aromatic heterocycles. The van der Waals surface area contributed by atoms with Crippen molar-refractivity contribution in [3.63, 3.8) is 0 Å². The van der Waals surface area contributed by atoms with Crippen molar-refractivity contribution in [1.29, 1.82) is 5.26 Å². The van der Waals surface area contributed by atoms with Crippen molar-refractivity contribution in [2.24, 2.45) is 12.5 Å². The molecule has 2 saturated carbocycles. The second-order valence-corrected chi connectivity index (χ2v) is 13.4. The van der Waals surface area contributed by atoms with Crippen LogP contribution in [-0.2, 0) is 32.7 Å². The Bertz CT molecular complexity index is 1620. The average Bonchev–Trinajstić information content (AvgIpc) is 3.77. The number of aromatic nitrogens is 2. The summed E-state index contributed by atoms with van der Waals surface area (Å²) in [5.74, 6) is -2.28. The molecule has 3 fully saturated rings. The number of hydrogen-bond donors (Lipinski definition) is 1. The van der Waals surface area contributed by atoms with E-state index in [4.69, 9.17) is 0 Å². The first kappa shape index (κ1) is 29.9. The summed E-state index contributed by atoms with van der Waals surface area (Å²) in [7, 11) is -3.05. The van der Waals surface area contributed by atoms with Gasteiger partial charge in [-0.2, -0.15) is 36.7 Å². The molecule has 0 radical (unpaired) electrons. The number of carbonyl (C=O) groups is 2. The van der Waals surface area contributed by atoms with Crippen LogP contribution in [0.3, 0.4) is 0 Å². The van der Waals surface area contributed by atoms with Crippen molar-refractivity contribution in [1.82, 2.24) is 20.0 Å². The highest BCUT2D eigenvalue weighted by Crippen LogP contribution is 2.59. The standard InChI is InChI=1S/C26H25F6N5O4S/c1-14-9-15(17-11-20(25(27,28)29)35-36(17)2)3-4-19(14)42(40,41)16-10-18(21(38)34-23(13-33)5-6-23)37(12-16)22(39)24(7-8-24)26(30,31)32/h3-4,9,11,16,18H,5-8,10,12H2,1-2H3,(H,34,38)/t16-,18+/m1/s1. The Kier molecular flexibility index (Phi) is 6.72. The van der Waals surface area contributed by atoms with Crippen molar-refractivity contribution in [2.45, 2.75) is 73.1 Å². The minimum atomic E-state index is -4.89. The normalized spacial score (nSPS) is 22.9. The van der Waals surface area contributed by atoms with Gasteiger partial charge in [0, 0.05) is 19.2 Å². The number of sulfone groups is 1.